The smallest absolute Gasteiger partial charge is 0.263 e. The molecule has 6 aromatic rings. The van der Waals surface area contributed by atoms with Crippen LogP contribution in [0.25, 0.3) is 38.8 Å². The summed E-state index contributed by atoms with van der Waals surface area (Å²) in [5.74, 6) is 0.657. The van der Waals surface area contributed by atoms with Crippen LogP contribution in [0.4, 0.5) is 5.82 Å². The fourth-order valence-corrected chi connectivity index (χ4v) is 4.43. The van der Waals surface area contributed by atoms with E-state index in [1.807, 2.05) is 67.6 Å². The molecular formula is C26H21N7O. The van der Waals surface area contributed by atoms with Gasteiger partial charge in [-0.2, -0.15) is 5.10 Å². The Hall–Kier alpha value is -4.72. The van der Waals surface area contributed by atoms with Crippen molar-refractivity contribution in [1.29, 1.82) is 0 Å². The highest BCUT2D eigenvalue weighted by atomic mass is 16.1. The number of para-hydroxylation sites is 1. The lowest BCUT2D eigenvalue weighted by molar-refractivity contribution is 0.774. The number of anilines is 1. The molecule has 8 nitrogen and oxygen atoms in total. The summed E-state index contributed by atoms with van der Waals surface area (Å²) in [6.07, 6.45) is 5.07. The molecule has 1 atom stereocenters. The predicted octanol–water partition coefficient (Wildman–Crippen LogP) is 4.83. The number of rotatable bonds is 5. The maximum atomic E-state index is 14.1. The highest BCUT2D eigenvalue weighted by Gasteiger charge is 2.20. The number of imidazole rings is 1. The summed E-state index contributed by atoms with van der Waals surface area (Å²) in [6, 6.07) is 21.1. The molecule has 0 aliphatic heterocycles. The van der Waals surface area contributed by atoms with Crippen molar-refractivity contribution in [3.8, 4) is 16.9 Å². The molecular weight excluding hydrogens is 426 g/mol. The van der Waals surface area contributed by atoms with Gasteiger partial charge in [-0.3, -0.25) is 14.5 Å². The highest BCUT2D eigenvalue weighted by molar-refractivity contribution is 5.95. The van der Waals surface area contributed by atoms with E-state index < -0.39 is 0 Å². The Morgan fingerprint density at radius 1 is 0.971 bits per heavy atom. The number of fused-ring (bicyclic) bond motifs is 2. The third-order valence-electron chi connectivity index (χ3n) is 6.02. The van der Waals surface area contributed by atoms with Gasteiger partial charge in [0.1, 0.15) is 5.52 Å². The van der Waals surface area contributed by atoms with Gasteiger partial charge in [0.05, 0.1) is 29.0 Å². The van der Waals surface area contributed by atoms with Gasteiger partial charge >= 0.3 is 0 Å². The van der Waals surface area contributed by atoms with Gasteiger partial charge < -0.3 is 10.3 Å². The second kappa shape index (κ2) is 8.00. The Labute approximate surface area is 194 Å². The number of nitrogens with zero attached hydrogens (tertiary/aromatic N) is 4. The monoisotopic (exact) mass is 447 g/mol. The van der Waals surface area contributed by atoms with E-state index in [-0.39, 0.29) is 11.6 Å². The van der Waals surface area contributed by atoms with Crippen LogP contribution in [0, 0.1) is 0 Å². The fourth-order valence-electron chi connectivity index (χ4n) is 4.43. The first-order chi connectivity index (χ1) is 16.7. The summed E-state index contributed by atoms with van der Waals surface area (Å²) in [6.45, 7) is 2.02. The molecule has 166 valence electrons. The number of aromatic nitrogens is 6. The number of H-pyrrole nitrogens is 2. The van der Waals surface area contributed by atoms with Crippen molar-refractivity contribution in [3.05, 3.63) is 101 Å². The van der Waals surface area contributed by atoms with E-state index in [9.17, 15) is 4.79 Å². The highest BCUT2D eigenvalue weighted by Crippen LogP contribution is 2.29. The van der Waals surface area contributed by atoms with Crippen molar-refractivity contribution >= 4 is 27.6 Å². The Bertz CT molecular complexity index is 1670. The van der Waals surface area contributed by atoms with Gasteiger partial charge in [0.2, 0.25) is 0 Å². The summed E-state index contributed by atoms with van der Waals surface area (Å²) >= 11 is 0. The molecule has 2 aromatic carbocycles. The minimum atomic E-state index is -0.233. The maximum Gasteiger partial charge on any atom is 0.263 e. The van der Waals surface area contributed by atoms with Crippen molar-refractivity contribution in [2.45, 2.75) is 13.0 Å². The van der Waals surface area contributed by atoms with Crippen LogP contribution < -0.4 is 10.9 Å². The molecule has 6 rings (SSSR count). The van der Waals surface area contributed by atoms with Crippen molar-refractivity contribution in [3.63, 3.8) is 0 Å². The molecule has 0 aliphatic carbocycles. The molecule has 0 fully saturated rings. The molecule has 8 heteroatoms. The quantitative estimate of drug-likeness (QED) is 0.351. The van der Waals surface area contributed by atoms with Crippen LogP contribution in [0.3, 0.4) is 0 Å². The van der Waals surface area contributed by atoms with Crippen LogP contribution in [0.2, 0.25) is 0 Å². The number of hydrogen-bond acceptors (Lipinski definition) is 5. The molecule has 0 unspecified atom stereocenters. The van der Waals surface area contributed by atoms with E-state index in [4.69, 9.17) is 0 Å². The van der Waals surface area contributed by atoms with E-state index in [0.717, 1.165) is 39.1 Å². The normalized spacial score (nSPS) is 12.3. The average molecular weight is 448 g/mol. The molecule has 0 radical (unpaired) electrons. The Kier molecular flexibility index (Phi) is 4.69. The second-order valence-corrected chi connectivity index (χ2v) is 8.11. The van der Waals surface area contributed by atoms with Gasteiger partial charge in [0, 0.05) is 29.3 Å². The van der Waals surface area contributed by atoms with Gasteiger partial charge in [-0.25, -0.2) is 9.97 Å². The second-order valence-electron chi connectivity index (χ2n) is 8.11. The van der Waals surface area contributed by atoms with E-state index in [1.54, 1.807) is 23.3 Å². The lowest BCUT2D eigenvalue weighted by atomic mass is 10.0. The average Bonchev–Trinajstić information content (AvgIpc) is 3.57. The van der Waals surface area contributed by atoms with Gasteiger partial charge in [0.25, 0.3) is 5.56 Å². The fraction of sp³-hybridized carbons (Fsp3) is 0.0769. The van der Waals surface area contributed by atoms with Gasteiger partial charge in [-0.1, -0.05) is 36.4 Å². The van der Waals surface area contributed by atoms with E-state index in [2.05, 4.69) is 36.5 Å². The first-order valence-electron chi connectivity index (χ1n) is 11.0. The number of aromatic amines is 2. The molecule has 0 bridgehead atoms. The van der Waals surface area contributed by atoms with Crippen LogP contribution in [-0.2, 0) is 0 Å². The third-order valence-corrected chi connectivity index (χ3v) is 6.02. The molecule has 4 heterocycles. The van der Waals surface area contributed by atoms with Gasteiger partial charge in [0.15, 0.2) is 5.82 Å². The minimum Gasteiger partial charge on any atom is -0.360 e. The predicted molar refractivity (Wildman–Crippen MR) is 133 cm³/mol. The molecule has 0 amide bonds. The number of hydrogen-bond donors (Lipinski definition) is 3. The largest absolute Gasteiger partial charge is 0.360 e. The van der Waals surface area contributed by atoms with Crippen LogP contribution >= 0.6 is 0 Å². The van der Waals surface area contributed by atoms with E-state index in [0.29, 0.717) is 11.2 Å². The van der Waals surface area contributed by atoms with Crippen molar-refractivity contribution < 1.29 is 0 Å². The standard InChI is InChI=1S/C26H21N7O/c1-16(31-25-24-21(10-12-27-25)28-15-29-24)22-14-17-6-5-9-19(20-11-13-30-32-20)23(17)26(34)33(22)18-7-3-2-4-8-18/h2-16H,1H3,(H,27,31)(H,28,29)(H,30,32)/t16-/m1/s1. The number of benzene rings is 2. The van der Waals surface area contributed by atoms with E-state index >= 15 is 0 Å². The summed E-state index contributed by atoms with van der Waals surface area (Å²) < 4.78 is 1.77. The van der Waals surface area contributed by atoms with Crippen molar-refractivity contribution in [2.24, 2.45) is 0 Å². The van der Waals surface area contributed by atoms with Gasteiger partial charge in [-0.05, 0) is 42.6 Å². The summed E-state index contributed by atoms with van der Waals surface area (Å²) in [4.78, 5) is 26.1. The summed E-state index contributed by atoms with van der Waals surface area (Å²) in [5, 5.41) is 12.0. The van der Waals surface area contributed by atoms with Crippen LogP contribution in [0.15, 0.2) is 90.2 Å². The van der Waals surface area contributed by atoms with Crippen LogP contribution in [0.1, 0.15) is 18.7 Å². The number of pyridine rings is 2. The lowest BCUT2D eigenvalue weighted by Gasteiger charge is -2.22. The van der Waals surface area contributed by atoms with E-state index in [1.165, 1.54) is 0 Å². The zero-order valence-corrected chi connectivity index (χ0v) is 18.4. The zero-order valence-electron chi connectivity index (χ0n) is 18.4. The molecule has 4 aromatic heterocycles. The Morgan fingerprint density at radius 3 is 2.68 bits per heavy atom. The third kappa shape index (κ3) is 3.24. The zero-order chi connectivity index (χ0) is 23.1. The van der Waals surface area contributed by atoms with Crippen molar-refractivity contribution in [1.82, 2.24) is 29.7 Å². The molecule has 0 saturated heterocycles. The molecule has 0 spiro atoms. The first-order valence-corrected chi connectivity index (χ1v) is 11.0. The first kappa shape index (κ1) is 19.9. The minimum absolute atomic E-state index is 0.0940. The molecule has 34 heavy (non-hydrogen) atoms. The molecule has 0 saturated carbocycles. The lowest BCUT2D eigenvalue weighted by Crippen LogP contribution is -2.26. The molecule has 3 N–H and O–H groups in total. The summed E-state index contributed by atoms with van der Waals surface area (Å²) in [7, 11) is 0. The summed E-state index contributed by atoms with van der Waals surface area (Å²) in [5.41, 5.74) is 4.79. The Morgan fingerprint density at radius 2 is 1.85 bits per heavy atom. The topological polar surface area (TPSA) is 104 Å². The van der Waals surface area contributed by atoms with Crippen molar-refractivity contribution in [2.75, 3.05) is 5.32 Å². The molecule has 0 aliphatic rings. The van der Waals surface area contributed by atoms with Crippen LogP contribution in [0.5, 0.6) is 0 Å². The Balaban J connectivity index is 1.58. The SMILES string of the molecule is C[C@@H](Nc1nccc2[nH]cnc12)c1cc2cccc(-c3ccn[nH]3)c2c(=O)n1-c1ccccc1. The number of nitrogens with one attached hydrogen (secondary N) is 3. The van der Waals surface area contributed by atoms with Gasteiger partial charge in [-0.15, -0.1) is 0 Å². The maximum absolute atomic E-state index is 14.1. The van der Waals surface area contributed by atoms with Crippen LogP contribution in [-0.4, -0.2) is 29.7 Å².